The summed E-state index contributed by atoms with van der Waals surface area (Å²) in [6, 6.07) is 7.52. The Morgan fingerprint density at radius 3 is 2.33 bits per heavy atom. The first-order valence-electron chi connectivity index (χ1n) is 5.79. The molecule has 0 bridgehead atoms. The van der Waals surface area contributed by atoms with Crippen molar-refractivity contribution in [3.63, 3.8) is 0 Å². The van der Waals surface area contributed by atoms with Gasteiger partial charge in [-0.25, -0.2) is 0 Å². The van der Waals surface area contributed by atoms with Crippen molar-refractivity contribution in [3.05, 3.63) is 35.4 Å². The molecular formula is C13H21ClN2O2. The topological polar surface area (TPSA) is 75.4 Å². The van der Waals surface area contributed by atoms with E-state index in [1.165, 1.54) is 0 Å². The molecule has 5 heteroatoms. The minimum atomic E-state index is -0.462. The van der Waals surface area contributed by atoms with Crippen LogP contribution in [0.15, 0.2) is 24.3 Å². The first-order valence-corrected chi connectivity index (χ1v) is 5.79. The van der Waals surface area contributed by atoms with Gasteiger partial charge < -0.3 is 16.2 Å². The fraction of sp³-hybridized carbons (Fsp3) is 0.462. The van der Waals surface area contributed by atoms with Crippen LogP contribution in [0.5, 0.6) is 0 Å². The maximum Gasteiger partial charge on any atom is 0.224 e. The quantitative estimate of drug-likeness (QED) is 0.758. The van der Waals surface area contributed by atoms with Gasteiger partial charge in [0, 0.05) is 19.0 Å². The van der Waals surface area contributed by atoms with Crippen molar-refractivity contribution in [1.29, 1.82) is 0 Å². The van der Waals surface area contributed by atoms with E-state index in [4.69, 9.17) is 5.73 Å². The summed E-state index contributed by atoms with van der Waals surface area (Å²) in [5.74, 6) is -0.196. The predicted molar refractivity (Wildman–Crippen MR) is 74.4 cm³/mol. The SMILES string of the molecule is CC(CN)C(=O)NCc1ccc(C(C)O)cc1.Cl. The fourth-order valence-corrected chi connectivity index (χ4v) is 1.38. The standard InChI is InChI=1S/C13H20N2O2.ClH/c1-9(7-14)13(17)15-8-11-3-5-12(6-4-11)10(2)16;/h3-6,9-10,16H,7-8,14H2,1-2H3,(H,15,17);1H. The lowest BCUT2D eigenvalue weighted by molar-refractivity contribution is -0.124. The average molecular weight is 273 g/mol. The maximum atomic E-state index is 11.5. The zero-order valence-corrected chi connectivity index (χ0v) is 11.5. The summed E-state index contributed by atoms with van der Waals surface area (Å²) in [4.78, 5) is 11.5. The van der Waals surface area contributed by atoms with Gasteiger partial charge in [0.15, 0.2) is 0 Å². The highest BCUT2D eigenvalue weighted by atomic mass is 35.5. The molecule has 2 unspecified atom stereocenters. The Balaban J connectivity index is 0.00000289. The molecular weight excluding hydrogens is 252 g/mol. The van der Waals surface area contributed by atoms with Crippen molar-refractivity contribution >= 4 is 18.3 Å². The Hall–Kier alpha value is -1.10. The number of aliphatic hydroxyl groups excluding tert-OH is 1. The molecule has 1 aromatic carbocycles. The summed E-state index contributed by atoms with van der Waals surface area (Å²) < 4.78 is 0. The summed E-state index contributed by atoms with van der Waals surface area (Å²) in [5, 5.41) is 12.2. The van der Waals surface area contributed by atoms with Gasteiger partial charge in [-0.15, -0.1) is 12.4 Å². The van der Waals surface area contributed by atoms with E-state index in [0.717, 1.165) is 11.1 Å². The molecule has 0 aliphatic rings. The van der Waals surface area contributed by atoms with E-state index in [1.807, 2.05) is 24.3 Å². The Morgan fingerprint density at radius 1 is 1.33 bits per heavy atom. The third-order valence-corrected chi connectivity index (χ3v) is 2.73. The van der Waals surface area contributed by atoms with E-state index in [1.54, 1.807) is 13.8 Å². The zero-order valence-electron chi connectivity index (χ0n) is 10.7. The molecule has 18 heavy (non-hydrogen) atoms. The van der Waals surface area contributed by atoms with Gasteiger partial charge in [0.05, 0.1) is 6.10 Å². The van der Waals surface area contributed by atoms with Crippen molar-refractivity contribution < 1.29 is 9.90 Å². The molecule has 0 aliphatic carbocycles. The molecule has 0 fully saturated rings. The third-order valence-electron chi connectivity index (χ3n) is 2.73. The van der Waals surface area contributed by atoms with E-state index in [-0.39, 0.29) is 24.2 Å². The molecule has 0 spiro atoms. The van der Waals surface area contributed by atoms with Crippen LogP contribution in [0.4, 0.5) is 0 Å². The van der Waals surface area contributed by atoms with Gasteiger partial charge >= 0.3 is 0 Å². The van der Waals surface area contributed by atoms with Crippen molar-refractivity contribution in [3.8, 4) is 0 Å². The number of hydrogen-bond donors (Lipinski definition) is 3. The van der Waals surface area contributed by atoms with Crippen LogP contribution in [0.2, 0.25) is 0 Å². The molecule has 0 saturated carbocycles. The average Bonchev–Trinajstić information content (AvgIpc) is 2.35. The molecule has 4 nitrogen and oxygen atoms in total. The summed E-state index contributed by atoms with van der Waals surface area (Å²) in [6.07, 6.45) is -0.462. The van der Waals surface area contributed by atoms with Crippen molar-refractivity contribution in [1.82, 2.24) is 5.32 Å². The van der Waals surface area contributed by atoms with Gasteiger partial charge in [-0.1, -0.05) is 31.2 Å². The minimum absolute atomic E-state index is 0. The molecule has 0 heterocycles. The van der Waals surface area contributed by atoms with Gasteiger partial charge in [-0.05, 0) is 18.1 Å². The van der Waals surface area contributed by atoms with Gasteiger partial charge in [-0.3, -0.25) is 4.79 Å². The number of rotatable bonds is 5. The zero-order chi connectivity index (χ0) is 12.8. The molecule has 4 N–H and O–H groups in total. The summed E-state index contributed by atoms with van der Waals surface area (Å²) in [7, 11) is 0. The number of amides is 1. The largest absolute Gasteiger partial charge is 0.389 e. The van der Waals surface area contributed by atoms with Crippen LogP contribution in [-0.2, 0) is 11.3 Å². The van der Waals surface area contributed by atoms with E-state index in [9.17, 15) is 9.90 Å². The fourth-order valence-electron chi connectivity index (χ4n) is 1.38. The predicted octanol–water partition coefficient (Wildman–Crippen LogP) is 1.37. The van der Waals surface area contributed by atoms with Gasteiger partial charge in [-0.2, -0.15) is 0 Å². The highest BCUT2D eigenvalue weighted by Gasteiger charge is 2.09. The lowest BCUT2D eigenvalue weighted by Gasteiger charge is -2.10. The highest BCUT2D eigenvalue weighted by Crippen LogP contribution is 2.12. The summed E-state index contributed by atoms with van der Waals surface area (Å²) in [5.41, 5.74) is 7.28. The number of carbonyl (C=O) groups is 1. The summed E-state index contributed by atoms with van der Waals surface area (Å²) >= 11 is 0. The maximum absolute atomic E-state index is 11.5. The van der Waals surface area contributed by atoms with Crippen molar-refractivity contribution in [2.24, 2.45) is 11.7 Å². The Labute approximate surface area is 114 Å². The Kier molecular flexibility index (Phi) is 7.59. The number of nitrogens with two attached hydrogens (primary N) is 1. The number of aliphatic hydroxyl groups is 1. The van der Waals surface area contributed by atoms with Gasteiger partial charge in [0.2, 0.25) is 5.91 Å². The van der Waals surface area contributed by atoms with E-state index >= 15 is 0 Å². The second kappa shape index (κ2) is 8.08. The van der Waals surface area contributed by atoms with E-state index < -0.39 is 6.10 Å². The smallest absolute Gasteiger partial charge is 0.224 e. The van der Waals surface area contributed by atoms with Gasteiger partial charge in [0.1, 0.15) is 0 Å². The number of benzene rings is 1. The van der Waals surface area contributed by atoms with Crippen LogP contribution in [-0.4, -0.2) is 17.6 Å². The molecule has 2 atom stereocenters. The number of nitrogens with one attached hydrogen (secondary N) is 1. The Bertz CT molecular complexity index is 366. The first kappa shape index (κ1) is 16.9. The van der Waals surface area contributed by atoms with Crippen LogP contribution in [0.3, 0.4) is 0 Å². The van der Waals surface area contributed by atoms with Crippen LogP contribution in [0.1, 0.15) is 31.1 Å². The van der Waals surface area contributed by atoms with Crippen molar-refractivity contribution in [2.75, 3.05) is 6.54 Å². The minimum Gasteiger partial charge on any atom is -0.389 e. The molecule has 0 radical (unpaired) electrons. The molecule has 0 aromatic heterocycles. The number of halogens is 1. The lowest BCUT2D eigenvalue weighted by atomic mass is 10.1. The van der Waals surface area contributed by atoms with Crippen LogP contribution < -0.4 is 11.1 Å². The molecule has 0 aliphatic heterocycles. The number of hydrogen-bond acceptors (Lipinski definition) is 3. The molecule has 0 saturated heterocycles. The molecule has 1 rings (SSSR count). The van der Waals surface area contributed by atoms with Crippen LogP contribution in [0.25, 0.3) is 0 Å². The molecule has 102 valence electrons. The monoisotopic (exact) mass is 272 g/mol. The van der Waals surface area contributed by atoms with Crippen molar-refractivity contribution in [2.45, 2.75) is 26.5 Å². The second-order valence-corrected chi connectivity index (χ2v) is 4.27. The normalized spacial score (nSPS) is 13.3. The van der Waals surface area contributed by atoms with E-state index in [0.29, 0.717) is 13.1 Å². The number of carbonyl (C=O) groups excluding carboxylic acids is 1. The van der Waals surface area contributed by atoms with Gasteiger partial charge in [0.25, 0.3) is 0 Å². The highest BCUT2D eigenvalue weighted by molar-refractivity contribution is 5.85. The molecule has 1 aromatic rings. The lowest BCUT2D eigenvalue weighted by Crippen LogP contribution is -2.32. The second-order valence-electron chi connectivity index (χ2n) is 4.27. The van der Waals surface area contributed by atoms with E-state index in [2.05, 4.69) is 5.32 Å². The van der Waals surface area contributed by atoms with Crippen LogP contribution >= 0.6 is 12.4 Å². The van der Waals surface area contributed by atoms with Crippen LogP contribution in [0, 0.1) is 5.92 Å². The first-order chi connectivity index (χ1) is 8.04. The summed E-state index contributed by atoms with van der Waals surface area (Å²) in [6.45, 7) is 4.36. The Morgan fingerprint density at radius 2 is 1.89 bits per heavy atom. The third kappa shape index (κ3) is 5.04. The molecule has 1 amide bonds.